The Morgan fingerprint density at radius 1 is 1.33 bits per heavy atom. The number of nitrogens with one attached hydrogen (secondary N) is 1. The van der Waals surface area contributed by atoms with Gasteiger partial charge in [-0.1, -0.05) is 12.8 Å². The Morgan fingerprint density at radius 3 is 2.83 bits per heavy atom. The van der Waals surface area contributed by atoms with Crippen molar-refractivity contribution in [3.63, 3.8) is 0 Å². The summed E-state index contributed by atoms with van der Waals surface area (Å²) in [5, 5.41) is 3.47. The Kier molecular flexibility index (Phi) is 2.18. The molecule has 1 saturated carbocycles. The van der Waals surface area contributed by atoms with Crippen LogP contribution in [0.3, 0.4) is 0 Å². The number of fused-ring (bicyclic) bond motifs is 1. The Morgan fingerprint density at radius 2 is 2.08 bits per heavy atom. The van der Waals surface area contributed by atoms with Crippen LogP contribution in [0, 0.1) is 11.8 Å². The maximum absolute atomic E-state index is 11.3. The molecule has 0 spiro atoms. The second kappa shape index (κ2) is 3.17. The Bertz CT molecular complexity index is 190. The molecule has 1 saturated heterocycles. The highest BCUT2D eigenvalue weighted by molar-refractivity contribution is 5.79. The molecular formula is C10H17NO. The minimum atomic E-state index is 0.329. The van der Waals surface area contributed by atoms with Crippen LogP contribution < -0.4 is 5.32 Å². The molecule has 0 aromatic carbocycles. The fraction of sp³-hybridized carbons (Fsp3) is 0.900. The maximum Gasteiger partial charge on any atom is 0.134 e. The SMILES string of the molecule is CC(=O)C1CNC2CCCCC21. The molecule has 3 atom stereocenters. The fourth-order valence-electron chi connectivity index (χ4n) is 2.77. The van der Waals surface area contributed by atoms with Gasteiger partial charge in [-0.25, -0.2) is 0 Å². The highest BCUT2D eigenvalue weighted by atomic mass is 16.1. The lowest BCUT2D eigenvalue weighted by molar-refractivity contribution is -0.121. The van der Waals surface area contributed by atoms with Gasteiger partial charge in [0.25, 0.3) is 0 Å². The molecule has 0 aromatic heterocycles. The highest BCUT2D eigenvalue weighted by Gasteiger charge is 2.38. The molecule has 1 aliphatic carbocycles. The van der Waals surface area contributed by atoms with Crippen LogP contribution in [0.5, 0.6) is 0 Å². The summed E-state index contributed by atoms with van der Waals surface area (Å²) in [6.45, 7) is 2.67. The number of rotatable bonds is 1. The van der Waals surface area contributed by atoms with Gasteiger partial charge in [-0.15, -0.1) is 0 Å². The summed E-state index contributed by atoms with van der Waals surface area (Å²) < 4.78 is 0. The lowest BCUT2D eigenvalue weighted by Crippen LogP contribution is -2.31. The van der Waals surface area contributed by atoms with E-state index in [1.807, 2.05) is 0 Å². The molecule has 0 amide bonds. The number of ketones is 1. The first-order chi connectivity index (χ1) is 5.79. The second-order valence-electron chi connectivity index (χ2n) is 4.18. The summed E-state index contributed by atoms with van der Waals surface area (Å²) in [5.74, 6) is 1.38. The van der Waals surface area contributed by atoms with E-state index in [4.69, 9.17) is 0 Å². The second-order valence-corrected chi connectivity index (χ2v) is 4.18. The molecule has 2 rings (SSSR count). The van der Waals surface area contributed by atoms with Gasteiger partial charge in [0, 0.05) is 18.5 Å². The molecule has 1 aliphatic heterocycles. The van der Waals surface area contributed by atoms with Crippen molar-refractivity contribution in [3.05, 3.63) is 0 Å². The van der Waals surface area contributed by atoms with Crippen molar-refractivity contribution in [2.75, 3.05) is 6.54 Å². The van der Waals surface area contributed by atoms with Crippen molar-refractivity contribution >= 4 is 5.78 Å². The van der Waals surface area contributed by atoms with Crippen LogP contribution in [-0.4, -0.2) is 18.4 Å². The largest absolute Gasteiger partial charge is 0.313 e. The molecule has 3 unspecified atom stereocenters. The van der Waals surface area contributed by atoms with E-state index in [-0.39, 0.29) is 0 Å². The van der Waals surface area contributed by atoms with Crippen LogP contribution in [0.4, 0.5) is 0 Å². The molecule has 12 heavy (non-hydrogen) atoms. The van der Waals surface area contributed by atoms with E-state index in [0.29, 0.717) is 23.7 Å². The Hall–Kier alpha value is -0.370. The average Bonchev–Trinajstić information content (AvgIpc) is 2.47. The zero-order valence-corrected chi connectivity index (χ0v) is 7.68. The third-order valence-corrected chi connectivity index (χ3v) is 3.46. The standard InChI is InChI=1S/C10H17NO/c1-7(12)9-6-11-10-5-3-2-4-8(9)10/h8-11H,2-6H2,1H3. The summed E-state index contributed by atoms with van der Waals surface area (Å²) in [7, 11) is 0. The summed E-state index contributed by atoms with van der Waals surface area (Å²) in [5.41, 5.74) is 0. The average molecular weight is 167 g/mol. The van der Waals surface area contributed by atoms with Crippen LogP contribution in [0.1, 0.15) is 32.6 Å². The minimum absolute atomic E-state index is 0.329. The van der Waals surface area contributed by atoms with E-state index < -0.39 is 0 Å². The van der Waals surface area contributed by atoms with E-state index in [1.165, 1.54) is 25.7 Å². The molecule has 1 heterocycles. The van der Waals surface area contributed by atoms with E-state index >= 15 is 0 Å². The van der Waals surface area contributed by atoms with Crippen molar-refractivity contribution in [1.82, 2.24) is 5.32 Å². The normalized spacial score (nSPS) is 40.9. The third kappa shape index (κ3) is 1.28. The fourth-order valence-corrected chi connectivity index (χ4v) is 2.77. The first-order valence-corrected chi connectivity index (χ1v) is 5.03. The van der Waals surface area contributed by atoms with Gasteiger partial charge in [-0.3, -0.25) is 4.79 Å². The summed E-state index contributed by atoms with van der Waals surface area (Å²) in [4.78, 5) is 11.3. The number of hydrogen-bond acceptors (Lipinski definition) is 2. The van der Waals surface area contributed by atoms with Gasteiger partial charge in [0.05, 0.1) is 0 Å². The van der Waals surface area contributed by atoms with Gasteiger partial charge in [0.15, 0.2) is 0 Å². The lowest BCUT2D eigenvalue weighted by atomic mass is 9.79. The molecule has 0 radical (unpaired) electrons. The number of hydrogen-bond donors (Lipinski definition) is 1. The molecule has 0 aromatic rings. The van der Waals surface area contributed by atoms with Crippen molar-refractivity contribution in [1.29, 1.82) is 0 Å². The Labute approximate surface area is 73.7 Å². The number of Topliss-reactive ketones (excluding diaryl/α,β-unsaturated/α-hetero) is 1. The Balaban J connectivity index is 2.05. The van der Waals surface area contributed by atoms with E-state index in [9.17, 15) is 4.79 Å². The highest BCUT2D eigenvalue weighted by Crippen LogP contribution is 2.34. The number of carbonyl (C=O) groups is 1. The third-order valence-electron chi connectivity index (χ3n) is 3.46. The van der Waals surface area contributed by atoms with Gasteiger partial charge in [0.1, 0.15) is 5.78 Å². The van der Waals surface area contributed by atoms with Crippen molar-refractivity contribution in [2.24, 2.45) is 11.8 Å². The molecule has 2 aliphatic rings. The molecule has 0 bridgehead atoms. The van der Waals surface area contributed by atoms with Crippen LogP contribution in [-0.2, 0) is 4.79 Å². The van der Waals surface area contributed by atoms with Gasteiger partial charge >= 0.3 is 0 Å². The molecule has 68 valence electrons. The molecule has 2 fully saturated rings. The smallest absolute Gasteiger partial charge is 0.134 e. The van der Waals surface area contributed by atoms with Crippen molar-refractivity contribution in [2.45, 2.75) is 38.6 Å². The minimum Gasteiger partial charge on any atom is -0.313 e. The summed E-state index contributed by atoms with van der Waals surface area (Å²) >= 11 is 0. The van der Waals surface area contributed by atoms with Gasteiger partial charge in [-0.2, -0.15) is 0 Å². The maximum atomic E-state index is 11.3. The van der Waals surface area contributed by atoms with Crippen molar-refractivity contribution < 1.29 is 4.79 Å². The quantitative estimate of drug-likeness (QED) is 0.638. The molecule has 2 heteroatoms. The topological polar surface area (TPSA) is 29.1 Å². The van der Waals surface area contributed by atoms with Gasteiger partial charge < -0.3 is 5.32 Å². The zero-order valence-electron chi connectivity index (χ0n) is 7.68. The van der Waals surface area contributed by atoms with Crippen LogP contribution in [0.2, 0.25) is 0 Å². The van der Waals surface area contributed by atoms with Gasteiger partial charge in [-0.05, 0) is 25.7 Å². The first kappa shape index (κ1) is 8.24. The lowest BCUT2D eigenvalue weighted by Gasteiger charge is -2.27. The predicted octanol–water partition coefficient (Wildman–Crippen LogP) is 1.35. The van der Waals surface area contributed by atoms with Crippen molar-refractivity contribution in [3.8, 4) is 0 Å². The molecule has 1 N–H and O–H groups in total. The summed E-state index contributed by atoms with van der Waals surface area (Å²) in [6.07, 6.45) is 5.22. The monoisotopic (exact) mass is 167 g/mol. The number of carbonyl (C=O) groups excluding carboxylic acids is 1. The molecule has 2 nitrogen and oxygen atoms in total. The van der Waals surface area contributed by atoms with Crippen LogP contribution in [0.15, 0.2) is 0 Å². The van der Waals surface area contributed by atoms with Gasteiger partial charge in [0.2, 0.25) is 0 Å². The van der Waals surface area contributed by atoms with E-state index in [0.717, 1.165) is 6.54 Å². The molecular weight excluding hydrogens is 150 g/mol. The summed E-state index contributed by atoms with van der Waals surface area (Å²) in [6, 6.07) is 0.660. The van der Waals surface area contributed by atoms with Crippen LogP contribution in [0.25, 0.3) is 0 Å². The van der Waals surface area contributed by atoms with E-state index in [2.05, 4.69) is 5.32 Å². The predicted molar refractivity (Wildman–Crippen MR) is 47.9 cm³/mol. The zero-order chi connectivity index (χ0) is 8.55. The first-order valence-electron chi connectivity index (χ1n) is 5.03. The van der Waals surface area contributed by atoms with Crippen LogP contribution >= 0.6 is 0 Å². The van der Waals surface area contributed by atoms with E-state index in [1.54, 1.807) is 6.92 Å².